The summed E-state index contributed by atoms with van der Waals surface area (Å²) >= 11 is 0. The summed E-state index contributed by atoms with van der Waals surface area (Å²) in [5.41, 5.74) is 6.58. The predicted octanol–water partition coefficient (Wildman–Crippen LogP) is 2.28. The molecular weight excluding hydrogens is 259 g/mol. The second-order valence-corrected chi connectivity index (χ2v) is 4.53. The second-order valence-electron chi connectivity index (χ2n) is 4.53. The van der Waals surface area contributed by atoms with Gasteiger partial charge in [0.15, 0.2) is 0 Å². The molecule has 0 unspecified atom stereocenters. The molecule has 0 radical (unpaired) electrons. The van der Waals surface area contributed by atoms with Gasteiger partial charge < -0.3 is 15.2 Å². The molecule has 4 nitrogen and oxygen atoms in total. The van der Waals surface area contributed by atoms with Gasteiger partial charge in [0, 0.05) is 32.8 Å². The van der Waals surface area contributed by atoms with E-state index in [1.165, 1.54) is 6.07 Å². The average molecular weight is 284 g/mol. The minimum Gasteiger partial charge on any atom is -0.396 e. The predicted molar refractivity (Wildman–Crippen MR) is 79.1 cm³/mol. The Morgan fingerprint density at radius 3 is 2.20 bits per heavy atom. The summed E-state index contributed by atoms with van der Waals surface area (Å²) < 4.78 is 24.2. The fraction of sp³-hybridized carbons (Fsp3) is 0.600. The highest BCUT2D eigenvalue weighted by atomic mass is 19.1. The van der Waals surface area contributed by atoms with Crippen molar-refractivity contribution in [2.75, 3.05) is 45.3 Å². The molecule has 1 aromatic rings. The van der Waals surface area contributed by atoms with E-state index in [9.17, 15) is 4.39 Å². The Morgan fingerprint density at radius 1 is 1.10 bits per heavy atom. The molecular formula is C15H25FN2O2. The first-order chi connectivity index (χ1) is 9.67. The Morgan fingerprint density at radius 2 is 1.70 bits per heavy atom. The topological polar surface area (TPSA) is 47.7 Å². The van der Waals surface area contributed by atoms with Crippen LogP contribution in [-0.2, 0) is 16.0 Å². The van der Waals surface area contributed by atoms with Gasteiger partial charge in [-0.15, -0.1) is 0 Å². The Hall–Kier alpha value is -1.17. The SMILES string of the molecule is CCOCCN(CCOCC)Cc1ccc(N)c(F)c1. The van der Waals surface area contributed by atoms with E-state index in [-0.39, 0.29) is 11.5 Å². The smallest absolute Gasteiger partial charge is 0.146 e. The molecule has 0 bridgehead atoms. The molecule has 5 heteroatoms. The normalized spacial score (nSPS) is 11.2. The minimum absolute atomic E-state index is 0.184. The molecule has 2 N–H and O–H groups in total. The molecule has 1 rings (SSSR count). The lowest BCUT2D eigenvalue weighted by Crippen LogP contribution is -2.30. The zero-order valence-electron chi connectivity index (χ0n) is 12.4. The zero-order valence-corrected chi connectivity index (χ0v) is 12.4. The van der Waals surface area contributed by atoms with Crippen molar-refractivity contribution in [3.63, 3.8) is 0 Å². The van der Waals surface area contributed by atoms with E-state index in [1.807, 2.05) is 19.9 Å². The molecule has 0 aromatic heterocycles. The van der Waals surface area contributed by atoms with Crippen LogP contribution in [0.2, 0.25) is 0 Å². The van der Waals surface area contributed by atoms with E-state index in [4.69, 9.17) is 15.2 Å². The van der Waals surface area contributed by atoms with E-state index in [2.05, 4.69) is 4.90 Å². The Bertz CT molecular complexity index is 378. The van der Waals surface area contributed by atoms with Crippen LogP contribution in [0, 0.1) is 5.82 Å². The van der Waals surface area contributed by atoms with E-state index in [0.29, 0.717) is 33.0 Å². The molecule has 0 saturated heterocycles. The highest BCUT2D eigenvalue weighted by Gasteiger charge is 2.08. The Balaban J connectivity index is 2.54. The van der Waals surface area contributed by atoms with Crippen molar-refractivity contribution in [2.45, 2.75) is 20.4 Å². The Labute approximate surface area is 120 Å². The average Bonchev–Trinajstić information content (AvgIpc) is 2.43. The van der Waals surface area contributed by atoms with E-state index < -0.39 is 0 Å². The summed E-state index contributed by atoms with van der Waals surface area (Å²) in [5, 5.41) is 0. The van der Waals surface area contributed by atoms with E-state index in [1.54, 1.807) is 6.07 Å². The van der Waals surface area contributed by atoms with Gasteiger partial charge in [-0.3, -0.25) is 4.90 Å². The van der Waals surface area contributed by atoms with Crippen LogP contribution in [0.4, 0.5) is 10.1 Å². The lowest BCUT2D eigenvalue weighted by Gasteiger charge is -2.22. The minimum atomic E-state index is -0.364. The van der Waals surface area contributed by atoms with Crippen molar-refractivity contribution in [2.24, 2.45) is 0 Å². The van der Waals surface area contributed by atoms with Crippen molar-refractivity contribution >= 4 is 5.69 Å². The Kier molecular flexibility index (Phi) is 8.18. The van der Waals surface area contributed by atoms with Crippen LogP contribution < -0.4 is 5.73 Å². The first-order valence-corrected chi connectivity index (χ1v) is 7.09. The van der Waals surface area contributed by atoms with Crippen molar-refractivity contribution in [3.05, 3.63) is 29.6 Å². The van der Waals surface area contributed by atoms with Crippen LogP contribution in [-0.4, -0.2) is 44.4 Å². The van der Waals surface area contributed by atoms with Crippen LogP contribution in [0.25, 0.3) is 0 Å². The summed E-state index contributed by atoms with van der Waals surface area (Å²) in [6.07, 6.45) is 0. The van der Waals surface area contributed by atoms with Gasteiger partial charge in [-0.2, -0.15) is 0 Å². The quantitative estimate of drug-likeness (QED) is 0.529. The third-order valence-electron chi connectivity index (χ3n) is 2.98. The molecule has 0 atom stereocenters. The molecule has 1 aromatic carbocycles. The summed E-state index contributed by atoms with van der Waals surface area (Å²) in [6, 6.07) is 4.95. The number of nitrogen functional groups attached to an aromatic ring is 1. The molecule has 0 amide bonds. The van der Waals surface area contributed by atoms with Gasteiger partial charge in [0.1, 0.15) is 5.82 Å². The summed E-state index contributed by atoms with van der Waals surface area (Å²) in [5.74, 6) is -0.364. The summed E-state index contributed by atoms with van der Waals surface area (Å²) in [6.45, 7) is 8.95. The summed E-state index contributed by atoms with van der Waals surface area (Å²) in [4.78, 5) is 2.19. The number of hydrogen-bond acceptors (Lipinski definition) is 4. The number of ether oxygens (including phenoxy) is 2. The molecule has 0 aliphatic heterocycles. The molecule has 0 heterocycles. The maximum Gasteiger partial charge on any atom is 0.146 e. The van der Waals surface area contributed by atoms with Gasteiger partial charge in [0.2, 0.25) is 0 Å². The van der Waals surface area contributed by atoms with Crippen molar-refractivity contribution in [1.82, 2.24) is 4.90 Å². The van der Waals surface area contributed by atoms with Gasteiger partial charge in [0.25, 0.3) is 0 Å². The van der Waals surface area contributed by atoms with Crippen molar-refractivity contribution in [1.29, 1.82) is 0 Å². The first-order valence-electron chi connectivity index (χ1n) is 7.09. The number of rotatable bonds is 10. The van der Waals surface area contributed by atoms with Crippen molar-refractivity contribution in [3.8, 4) is 0 Å². The van der Waals surface area contributed by atoms with Gasteiger partial charge in [0.05, 0.1) is 18.9 Å². The third kappa shape index (κ3) is 6.32. The highest BCUT2D eigenvalue weighted by molar-refractivity contribution is 5.41. The summed E-state index contributed by atoms with van der Waals surface area (Å²) in [7, 11) is 0. The number of nitrogens with zero attached hydrogens (tertiary/aromatic N) is 1. The number of hydrogen-bond donors (Lipinski definition) is 1. The zero-order chi connectivity index (χ0) is 14.8. The molecule has 114 valence electrons. The van der Waals surface area contributed by atoms with Crippen LogP contribution in [0.3, 0.4) is 0 Å². The first kappa shape index (κ1) is 16.9. The lowest BCUT2D eigenvalue weighted by molar-refractivity contribution is 0.0797. The molecule has 0 spiro atoms. The van der Waals surface area contributed by atoms with E-state index in [0.717, 1.165) is 18.7 Å². The van der Waals surface area contributed by atoms with Crippen molar-refractivity contribution < 1.29 is 13.9 Å². The van der Waals surface area contributed by atoms with Crippen LogP contribution >= 0.6 is 0 Å². The number of halogens is 1. The molecule has 20 heavy (non-hydrogen) atoms. The fourth-order valence-electron chi connectivity index (χ4n) is 1.87. The lowest BCUT2D eigenvalue weighted by atomic mass is 10.2. The third-order valence-corrected chi connectivity index (χ3v) is 2.98. The number of nitrogens with two attached hydrogens (primary N) is 1. The largest absolute Gasteiger partial charge is 0.396 e. The molecule has 0 saturated carbocycles. The number of anilines is 1. The maximum atomic E-state index is 13.4. The highest BCUT2D eigenvalue weighted by Crippen LogP contribution is 2.13. The van der Waals surface area contributed by atoms with Gasteiger partial charge in [-0.1, -0.05) is 6.07 Å². The standard InChI is InChI=1S/C15H25FN2O2/c1-3-19-9-7-18(8-10-20-4-2)12-13-5-6-15(17)14(16)11-13/h5-6,11H,3-4,7-10,12,17H2,1-2H3. The van der Waals surface area contributed by atoms with Gasteiger partial charge >= 0.3 is 0 Å². The van der Waals surface area contributed by atoms with E-state index >= 15 is 0 Å². The number of benzene rings is 1. The fourth-order valence-corrected chi connectivity index (χ4v) is 1.87. The molecule has 0 fully saturated rings. The van der Waals surface area contributed by atoms with Crippen LogP contribution in [0.5, 0.6) is 0 Å². The molecule has 0 aliphatic carbocycles. The van der Waals surface area contributed by atoms with Gasteiger partial charge in [-0.25, -0.2) is 4.39 Å². The second kappa shape index (κ2) is 9.69. The van der Waals surface area contributed by atoms with Crippen LogP contribution in [0.1, 0.15) is 19.4 Å². The maximum absolute atomic E-state index is 13.4. The van der Waals surface area contributed by atoms with Crippen LogP contribution in [0.15, 0.2) is 18.2 Å². The van der Waals surface area contributed by atoms with Gasteiger partial charge in [-0.05, 0) is 31.5 Å². The molecule has 0 aliphatic rings. The monoisotopic (exact) mass is 284 g/mol.